The predicted octanol–water partition coefficient (Wildman–Crippen LogP) is 2.12. The number of hydrogen-bond donors (Lipinski definition) is 1. The van der Waals surface area contributed by atoms with E-state index in [0.29, 0.717) is 19.6 Å². The Balaban J connectivity index is 1.49. The second kappa shape index (κ2) is 8.07. The summed E-state index contributed by atoms with van der Waals surface area (Å²) in [5, 5.41) is 2.86. The number of furan rings is 1. The van der Waals surface area contributed by atoms with Gasteiger partial charge in [0, 0.05) is 13.1 Å². The molecule has 1 unspecified atom stereocenters. The molecule has 1 aromatic heterocycles. The molecule has 0 bridgehead atoms. The summed E-state index contributed by atoms with van der Waals surface area (Å²) in [4.78, 5) is 16.4. The van der Waals surface area contributed by atoms with Crippen LogP contribution < -0.4 is 15.0 Å². The maximum Gasteiger partial charge on any atom is 0.234 e. The number of anilines is 1. The lowest BCUT2D eigenvalue weighted by Crippen LogP contribution is -2.47. The maximum absolute atomic E-state index is 12.1. The van der Waals surface area contributed by atoms with Crippen LogP contribution in [0.15, 0.2) is 47.1 Å². The number of rotatable bonds is 7. The van der Waals surface area contributed by atoms with Crippen molar-refractivity contribution in [3.8, 4) is 5.75 Å². The van der Waals surface area contributed by atoms with Crippen molar-refractivity contribution in [2.24, 2.45) is 0 Å². The van der Waals surface area contributed by atoms with E-state index in [-0.39, 0.29) is 12.0 Å². The molecule has 0 saturated heterocycles. The van der Waals surface area contributed by atoms with E-state index >= 15 is 0 Å². The van der Waals surface area contributed by atoms with Crippen LogP contribution in [0.25, 0.3) is 0 Å². The van der Waals surface area contributed by atoms with Gasteiger partial charge in [0.1, 0.15) is 17.6 Å². The first-order chi connectivity index (χ1) is 12.2. The number of likely N-dealkylation sites (N-methyl/N-ethyl adjacent to an activating group) is 2. The van der Waals surface area contributed by atoms with Gasteiger partial charge in [0.2, 0.25) is 5.91 Å². The molecule has 25 heavy (non-hydrogen) atoms. The van der Waals surface area contributed by atoms with Gasteiger partial charge >= 0.3 is 0 Å². The van der Waals surface area contributed by atoms with Crippen LogP contribution >= 0.6 is 0 Å². The first kappa shape index (κ1) is 17.4. The summed E-state index contributed by atoms with van der Waals surface area (Å²) in [6.45, 7) is 5.34. The molecule has 0 radical (unpaired) electrons. The van der Waals surface area contributed by atoms with Crippen molar-refractivity contribution in [1.29, 1.82) is 0 Å². The maximum atomic E-state index is 12.1. The fourth-order valence-corrected chi connectivity index (χ4v) is 3.09. The Morgan fingerprint density at radius 3 is 2.92 bits per heavy atom. The van der Waals surface area contributed by atoms with Crippen molar-refractivity contribution in [2.45, 2.75) is 19.6 Å². The number of hydrogen-bond acceptors (Lipinski definition) is 5. The number of fused-ring (bicyclic) bond motifs is 1. The number of carbonyl (C=O) groups excluding carboxylic acids is 1. The molecule has 6 nitrogen and oxygen atoms in total. The first-order valence-electron chi connectivity index (χ1n) is 8.64. The van der Waals surface area contributed by atoms with Crippen molar-refractivity contribution < 1.29 is 13.9 Å². The SMILES string of the molecule is CCN1CC(CN(C)CC(=O)NCc2ccco2)Oc2ccccc21. The molecule has 2 heterocycles. The zero-order chi connectivity index (χ0) is 17.6. The van der Waals surface area contributed by atoms with E-state index in [1.54, 1.807) is 6.26 Å². The lowest BCUT2D eigenvalue weighted by atomic mass is 10.2. The van der Waals surface area contributed by atoms with Crippen LogP contribution in [0.5, 0.6) is 5.75 Å². The molecule has 1 aliphatic heterocycles. The van der Waals surface area contributed by atoms with Crippen molar-refractivity contribution >= 4 is 11.6 Å². The van der Waals surface area contributed by atoms with Crippen LogP contribution in [0.2, 0.25) is 0 Å². The third-order valence-corrected chi connectivity index (χ3v) is 4.27. The second-order valence-corrected chi connectivity index (χ2v) is 6.30. The van der Waals surface area contributed by atoms with E-state index in [2.05, 4.69) is 23.2 Å². The van der Waals surface area contributed by atoms with Crippen molar-refractivity contribution in [2.75, 3.05) is 38.1 Å². The Morgan fingerprint density at radius 1 is 1.32 bits per heavy atom. The smallest absolute Gasteiger partial charge is 0.234 e. The zero-order valence-corrected chi connectivity index (χ0v) is 14.8. The molecule has 2 aromatic rings. The van der Waals surface area contributed by atoms with Gasteiger partial charge in [-0.2, -0.15) is 0 Å². The van der Waals surface area contributed by atoms with Crippen LogP contribution in [0.1, 0.15) is 12.7 Å². The van der Waals surface area contributed by atoms with Crippen LogP contribution in [0, 0.1) is 0 Å². The molecular weight excluding hydrogens is 318 g/mol. The van der Waals surface area contributed by atoms with E-state index in [0.717, 1.165) is 30.3 Å². The summed E-state index contributed by atoms with van der Waals surface area (Å²) in [5.74, 6) is 1.64. The average Bonchev–Trinajstić information content (AvgIpc) is 3.12. The second-order valence-electron chi connectivity index (χ2n) is 6.30. The molecule has 1 N–H and O–H groups in total. The minimum absolute atomic E-state index is 0.0255. The number of ether oxygens (including phenoxy) is 1. The summed E-state index contributed by atoms with van der Waals surface area (Å²) in [7, 11) is 1.94. The predicted molar refractivity (Wildman–Crippen MR) is 96.8 cm³/mol. The monoisotopic (exact) mass is 343 g/mol. The third kappa shape index (κ3) is 4.54. The third-order valence-electron chi connectivity index (χ3n) is 4.27. The largest absolute Gasteiger partial charge is 0.485 e. The summed E-state index contributed by atoms with van der Waals surface area (Å²) < 4.78 is 11.3. The molecule has 0 aliphatic carbocycles. The summed E-state index contributed by atoms with van der Waals surface area (Å²) >= 11 is 0. The molecule has 3 rings (SSSR count). The molecule has 1 amide bonds. The Hall–Kier alpha value is -2.47. The van der Waals surface area contributed by atoms with E-state index in [4.69, 9.17) is 9.15 Å². The van der Waals surface area contributed by atoms with Gasteiger partial charge in [-0.25, -0.2) is 0 Å². The quantitative estimate of drug-likeness (QED) is 0.834. The van der Waals surface area contributed by atoms with Crippen molar-refractivity contribution in [1.82, 2.24) is 10.2 Å². The van der Waals surface area contributed by atoms with E-state index in [1.165, 1.54) is 0 Å². The first-order valence-corrected chi connectivity index (χ1v) is 8.64. The lowest BCUT2D eigenvalue weighted by molar-refractivity contribution is -0.122. The summed E-state index contributed by atoms with van der Waals surface area (Å²) in [6, 6.07) is 11.8. The minimum atomic E-state index is -0.0255. The van der Waals surface area contributed by atoms with Gasteiger partial charge in [-0.1, -0.05) is 12.1 Å². The summed E-state index contributed by atoms with van der Waals surface area (Å²) in [6.07, 6.45) is 1.64. The molecule has 1 aliphatic rings. The van der Waals surface area contributed by atoms with Gasteiger partial charge in [0.05, 0.1) is 31.6 Å². The van der Waals surface area contributed by atoms with Crippen LogP contribution in [-0.4, -0.2) is 50.1 Å². The normalized spacial score (nSPS) is 16.4. The molecule has 1 atom stereocenters. The highest BCUT2D eigenvalue weighted by molar-refractivity contribution is 5.77. The molecule has 0 saturated carbocycles. The van der Waals surface area contributed by atoms with E-state index < -0.39 is 0 Å². The standard InChI is InChI=1S/C19H25N3O3/c1-3-22-13-16(25-18-9-5-4-8-17(18)22)12-21(2)14-19(23)20-11-15-7-6-10-24-15/h4-10,16H,3,11-14H2,1-2H3,(H,20,23). The molecule has 134 valence electrons. The molecule has 0 spiro atoms. The highest BCUT2D eigenvalue weighted by atomic mass is 16.5. The zero-order valence-electron chi connectivity index (χ0n) is 14.8. The fraction of sp³-hybridized carbons (Fsp3) is 0.421. The minimum Gasteiger partial charge on any atom is -0.485 e. The Morgan fingerprint density at radius 2 is 2.16 bits per heavy atom. The number of carbonyl (C=O) groups is 1. The van der Waals surface area contributed by atoms with Crippen LogP contribution in [0.3, 0.4) is 0 Å². The van der Waals surface area contributed by atoms with Gasteiger partial charge in [-0.15, -0.1) is 0 Å². The van der Waals surface area contributed by atoms with Crippen molar-refractivity contribution in [3.63, 3.8) is 0 Å². The molecule has 6 heteroatoms. The van der Waals surface area contributed by atoms with Gasteiger partial charge in [0.25, 0.3) is 0 Å². The highest BCUT2D eigenvalue weighted by Gasteiger charge is 2.25. The Bertz CT molecular complexity index is 687. The molecular formula is C19H25N3O3. The Kier molecular flexibility index (Phi) is 5.60. The Labute approximate surface area is 148 Å². The fourth-order valence-electron chi connectivity index (χ4n) is 3.09. The number of para-hydroxylation sites is 2. The number of nitrogens with one attached hydrogen (secondary N) is 1. The average molecular weight is 343 g/mol. The number of amides is 1. The van der Waals surface area contributed by atoms with Gasteiger partial charge in [0.15, 0.2) is 0 Å². The number of benzene rings is 1. The lowest BCUT2D eigenvalue weighted by Gasteiger charge is -2.37. The topological polar surface area (TPSA) is 58.0 Å². The van der Waals surface area contributed by atoms with E-state index in [9.17, 15) is 4.79 Å². The highest BCUT2D eigenvalue weighted by Crippen LogP contribution is 2.32. The van der Waals surface area contributed by atoms with Gasteiger partial charge in [-0.05, 0) is 38.2 Å². The molecule has 1 aromatic carbocycles. The summed E-state index contributed by atoms with van der Waals surface area (Å²) in [5.41, 5.74) is 1.14. The molecule has 0 fully saturated rings. The van der Waals surface area contributed by atoms with Crippen LogP contribution in [-0.2, 0) is 11.3 Å². The van der Waals surface area contributed by atoms with Gasteiger partial charge in [-0.3, -0.25) is 9.69 Å². The number of nitrogens with zero attached hydrogens (tertiary/aromatic N) is 2. The van der Waals surface area contributed by atoms with Gasteiger partial charge < -0.3 is 19.4 Å². The van der Waals surface area contributed by atoms with E-state index in [1.807, 2.05) is 42.3 Å². The van der Waals surface area contributed by atoms with Crippen molar-refractivity contribution in [3.05, 3.63) is 48.4 Å². The van der Waals surface area contributed by atoms with Crippen LogP contribution in [0.4, 0.5) is 5.69 Å².